The third kappa shape index (κ3) is 4.11. The van der Waals surface area contributed by atoms with Crippen LogP contribution in [0.1, 0.15) is 27.2 Å². The Kier molecular flexibility index (Phi) is 5.05. The normalized spacial score (nSPS) is 19.9. The molecular weight excluding hydrogens is 328 g/mol. The lowest BCUT2D eigenvalue weighted by Crippen LogP contribution is -2.45. The molecule has 2 N–H and O–H groups in total. The van der Waals surface area contributed by atoms with Gasteiger partial charge in [0.05, 0.1) is 4.92 Å². The van der Waals surface area contributed by atoms with E-state index in [0.717, 1.165) is 4.90 Å². The van der Waals surface area contributed by atoms with Crippen molar-refractivity contribution in [2.45, 2.75) is 32.7 Å². The number of non-ortho nitro benzene ring substituents is 1. The Labute approximate surface area is 144 Å². The molecule has 1 fully saturated rings. The van der Waals surface area contributed by atoms with Gasteiger partial charge in [-0.3, -0.25) is 24.6 Å². The highest BCUT2D eigenvalue weighted by Gasteiger charge is 2.48. The average molecular weight is 348 g/mol. The first-order chi connectivity index (χ1) is 11.6. The smallest absolute Gasteiger partial charge is 0.324 e. The van der Waals surface area contributed by atoms with Crippen LogP contribution in [-0.4, -0.2) is 39.8 Å². The first kappa shape index (κ1) is 18.4. The Morgan fingerprint density at radius 1 is 1.40 bits per heavy atom. The lowest BCUT2D eigenvalue weighted by molar-refractivity contribution is -0.384. The number of nitro benzene ring substituents is 1. The summed E-state index contributed by atoms with van der Waals surface area (Å²) in [7, 11) is 0. The summed E-state index contributed by atoms with van der Waals surface area (Å²) in [6.07, 6.45) is 0.459. The number of rotatable bonds is 6. The van der Waals surface area contributed by atoms with E-state index >= 15 is 0 Å². The summed E-state index contributed by atoms with van der Waals surface area (Å²) < 4.78 is 0. The molecule has 0 aromatic heterocycles. The largest absolute Gasteiger partial charge is 0.325 e. The molecule has 0 aliphatic carbocycles. The molecule has 1 aromatic rings. The van der Waals surface area contributed by atoms with Gasteiger partial charge in [-0.25, -0.2) is 4.79 Å². The molecule has 2 rings (SSSR count). The molecule has 1 atom stereocenters. The molecule has 0 spiro atoms. The van der Waals surface area contributed by atoms with E-state index in [9.17, 15) is 24.5 Å². The van der Waals surface area contributed by atoms with Crippen LogP contribution in [0.4, 0.5) is 16.2 Å². The number of nitro groups is 1. The fraction of sp³-hybridized carbons (Fsp3) is 0.438. The molecule has 4 amide bonds. The van der Waals surface area contributed by atoms with Crippen LogP contribution in [0.2, 0.25) is 0 Å². The van der Waals surface area contributed by atoms with E-state index < -0.39 is 34.9 Å². The summed E-state index contributed by atoms with van der Waals surface area (Å²) in [6, 6.07) is 4.79. The van der Waals surface area contributed by atoms with Gasteiger partial charge in [0, 0.05) is 17.8 Å². The number of nitrogens with zero attached hydrogens (tertiary/aromatic N) is 2. The van der Waals surface area contributed by atoms with Crippen LogP contribution in [0.25, 0.3) is 0 Å². The van der Waals surface area contributed by atoms with Crippen molar-refractivity contribution in [3.8, 4) is 0 Å². The zero-order valence-corrected chi connectivity index (χ0v) is 14.2. The Morgan fingerprint density at radius 3 is 2.68 bits per heavy atom. The molecule has 1 heterocycles. The Bertz CT molecular complexity index is 733. The van der Waals surface area contributed by atoms with Crippen molar-refractivity contribution in [1.82, 2.24) is 10.2 Å². The lowest BCUT2D eigenvalue weighted by Gasteiger charge is -2.23. The summed E-state index contributed by atoms with van der Waals surface area (Å²) in [5, 5.41) is 15.8. The van der Waals surface area contributed by atoms with Crippen LogP contribution in [0.3, 0.4) is 0 Å². The topological polar surface area (TPSA) is 122 Å². The van der Waals surface area contributed by atoms with E-state index in [1.807, 2.05) is 13.8 Å². The summed E-state index contributed by atoms with van der Waals surface area (Å²) in [5.41, 5.74) is -0.981. The standard InChI is InChI=1S/C16H20N4O5/c1-10(2)8-16(3)14(22)19(15(23)18-16)9-13(21)17-11-5-4-6-12(7-11)20(24)25/h4-7,10H,8-9H2,1-3H3,(H,17,21)(H,18,23)/t16-/m0/s1. The van der Waals surface area contributed by atoms with E-state index in [2.05, 4.69) is 10.6 Å². The van der Waals surface area contributed by atoms with Gasteiger partial charge < -0.3 is 10.6 Å². The van der Waals surface area contributed by atoms with Crippen LogP contribution in [0, 0.1) is 16.0 Å². The number of urea groups is 1. The average Bonchev–Trinajstić information content (AvgIpc) is 2.70. The van der Waals surface area contributed by atoms with Crippen molar-refractivity contribution in [2.75, 3.05) is 11.9 Å². The Morgan fingerprint density at radius 2 is 2.08 bits per heavy atom. The summed E-state index contributed by atoms with van der Waals surface area (Å²) in [6.45, 7) is 5.04. The SMILES string of the molecule is CC(C)C[C@]1(C)NC(=O)N(CC(=O)Nc2cccc([N+](=O)[O-])c2)C1=O. The number of benzene rings is 1. The highest BCUT2D eigenvalue weighted by Crippen LogP contribution is 2.25. The summed E-state index contributed by atoms with van der Waals surface area (Å²) in [4.78, 5) is 47.7. The van der Waals surface area contributed by atoms with Gasteiger partial charge in [-0.1, -0.05) is 19.9 Å². The fourth-order valence-corrected chi connectivity index (χ4v) is 2.89. The second-order valence-electron chi connectivity index (χ2n) is 6.61. The van der Waals surface area contributed by atoms with Gasteiger partial charge in [0.2, 0.25) is 5.91 Å². The molecule has 1 aliphatic rings. The maximum absolute atomic E-state index is 12.5. The summed E-state index contributed by atoms with van der Waals surface area (Å²) in [5.74, 6) is -0.883. The van der Waals surface area contributed by atoms with Gasteiger partial charge in [-0.05, 0) is 25.3 Å². The van der Waals surface area contributed by atoms with Crippen LogP contribution >= 0.6 is 0 Å². The number of nitrogens with one attached hydrogen (secondary N) is 2. The Hall–Kier alpha value is -2.97. The van der Waals surface area contributed by atoms with Gasteiger partial charge >= 0.3 is 6.03 Å². The van der Waals surface area contributed by atoms with Gasteiger partial charge in [0.1, 0.15) is 12.1 Å². The first-order valence-electron chi connectivity index (χ1n) is 7.81. The van der Waals surface area contributed by atoms with Crippen molar-refractivity contribution in [1.29, 1.82) is 0 Å². The third-order valence-electron chi connectivity index (χ3n) is 3.80. The van der Waals surface area contributed by atoms with Gasteiger partial charge in [-0.2, -0.15) is 0 Å². The molecule has 9 heteroatoms. The third-order valence-corrected chi connectivity index (χ3v) is 3.80. The maximum Gasteiger partial charge on any atom is 0.325 e. The van der Waals surface area contributed by atoms with E-state index in [1.165, 1.54) is 24.3 Å². The quantitative estimate of drug-likeness (QED) is 0.462. The van der Waals surface area contributed by atoms with Crippen molar-refractivity contribution in [3.05, 3.63) is 34.4 Å². The Balaban J connectivity index is 2.05. The molecule has 9 nitrogen and oxygen atoms in total. The maximum atomic E-state index is 12.5. The van der Waals surface area contributed by atoms with Crippen LogP contribution < -0.4 is 10.6 Å². The molecule has 1 saturated heterocycles. The van der Waals surface area contributed by atoms with Gasteiger partial charge in [0.25, 0.3) is 11.6 Å². The molecule has 1 aromatic carbocycles. The molecule has 0 radical (unpaired) electrons. The number of hydrogen-bond acceptors (Lipinski definition) is 5. The minimum Gasteiger partial charge on any atom is -0.324 e. The first-order valence-corrected chi connectivity index (χ1v) is 7.81. The van der Waals surface area contributed by atoms with Gasteiger partial charge in [-0.15, -0.1) is 0 Å². The molecule has 25 heavy (non-hydrogen) atoms. The second kappa shape index (κ2) is 6.88. The van der Waals surface area contributed by atoms with E-state index in [4.69, 9.17) is 0 Å². The number of carbonyl (C=O) groups is 3. The van der Waals surface area contributed by atoms with E-state index in [-0.39, 0.29) is 17.3 Å². The van der Waals surface area contributed by atoms with Crippen molar-refractivity contribution in [2.24, 2.45) is 5.92 Å². The molecular formula is C16H20N4O5. The van der Waals surface area contributed by atoms with Crippen LogP contribution in [0.15, 0.2) is 24.3 Å². The minimum atomic E-state index is -1.03. The summed E-state index contributed by atoms with van der Waals surface area (Å²) >= 11 is 0. The monoisotopic (exact) mass is 348 g/mol. The zero-order chi connectivity index (χ0) is 18.8. The number of carbonyl (C=O) groups excluding carboxylic acids is 3. The number of amides is 4. The number of imide groups is 1. The number of anilines is 1. The van der Waals surface area contributed by atoms with Crippen molar-refractivity contribution in [3.63, 3.8) is 0 Å². The predicted octanol–water partition coefficient (Wildman–Crippen LogP) is 1.89. The predicted molar refractivity (Wildman–Crippen MR) is 89.8 cm³/mol. The van der Waals surface area contributed by atoms with Crippen LogP contribution in [-0.2, 0) is 9.59 Å². The van der Waals surface area contributed by atoms with Gasteiger partial charge in [0.15, 0.2) is 0 Å². The lowest BCUT2D eigenvalue weighted by atomic mass is 9.91. The van der Waals surface area contributed by atoms with Crippen molar-refractivity contribution < 1.29 is 19.3 Å². The molecule has 1 aliphatic heterocycles. The molecule has 0 bridgehead atoms. The highest BCUT2D eigenvalue weighted by molar-refractivity contribution is 6.09. The zero-order valence-electron chi connectivity index (χ0n) is 14.2. The minimum absolute atomic E-state index is 0.169. The van der Waals surface area contributed by atoms with E-state index in [0.29, 0.717) is 6.42 Å². The number of hydrogen-bond donors (Lipinski definition) is 2. The van der Waals surface area contributed by atoms with Crippen molar-refractivity contribution >= 4 is 29.2 Å². The second-order valence-corrected chi connectivity index (χ2v) is 6.61. The van der Waals surface area contributed by atoms with E-state index in [1.54, 1.807) is 6.92 Å². The highest BCUT2D eigenvalue weighted by atomic mass is 16.6. The fourth-order valence-electron chi connectivity index (χ4n) is 2.89. The molecule has 0 unspecified atom stereocenters. The molecule has 134 valence electrons. The molecule has 0 saturated carbocycles. The van der Waals surface area contributed by atoms with Crippen LogP contribution in [0.5, 0.6) is 0 Å².